The van der Waals surface area contributed by atoms with E-state index in [9.17, 15) is 0 Å². The Bertz CT molecular complexity index is 186. The summed E-state index contributed by atoms with van der Waals surface area (Å²) in [4.78, 5) is 0. The van der Waals surface area contributed by atoms with E-state index in [0.717, 1.165) is 12.8 Å². The molecule has 0 aromatic rings. The van der Waals surface area contributed by atoms with Gasteiger partial charge in [-0.3, -0.25) is 0 Å². The van der Waals surface area contributed by atoms with E-state index in [0.29, 0.717) is 18.2 Å². The first-order valence-corrected chi connectivity index (χ1v) is 5.70. The second-order valence-corrected chi connectivity index (χ2v) is 4.82. The van der Waals surface area contributed by atoms with Gasteiger partial charge in [-0.2, -0.15) is 0 Å². The highest BCUT2D eigenvalue weighted by molar-refractivity contribution is 6.29. The number of nitrogens with two attached hydrogens (primary N) is 1. The highest BCUT2D eigenvalue weighted by Crippen LogP contribution is 2.25. The Balaban J connectivity index is 2.27. The average molecular weight is 218 g/mol. The van der Waals surface area contributed by atoms with Gasteiger partial charge in [-0.15, -0.1) is 0 Å². The Hall–Kier alpha value is -0.0500. The molecule has 0 aliphatic heterocycles. The first kappa shape index (κ1) is 12.0. The van der Waals surface area contributed by atoms with Crippen LogP contribution in [0, 0.1) is 0 Å². The zero-order chi connectivity index (χ0) is 10.4. The third-order valence-corrected chi connectivity index (χ3v) is 2.86. The Morgan fingerprint density at radius 2 is 1.86 bits per heavy atom. The van der Waals surface area contributed by atoms with Crippen molar-refractivity contribution < 1.29 is 4.74 Å². The molecule has 2 N–H and O–H groups in total. The first-order valence-electron chi connectivity index (χ1n) is 5.32. The van der Waals surface area contributed by atoms with Crippen LogP contribution >= 0.6 is 11.6 Å². The van der Waals surface area contributed by atoms with Crippen LogP contribution in [0.5, 0.6) is 0 Å². The van der Waals surface area contributed by atoms with Gasteiger partial charge in [0.15, 0.2) is 0 Å². The molecule has 0 atom stereocenters. The summed E-state index contributed by atoms with van der Waals surface area (Å²) in [6.45, 7) is 4.61. The molecule has 1 aliphatic rings. The van der Waals surface area contributed by atoms with Crippen LogP contribution in [-0.4, -0.2) is 18.8 Å². The van der Waals surface area contributed by atoms with E-state index in [4.69, 9.17) is 22.1 Å². The van der Waals surface area contributed by atoms with Crippen LogP contribution in [0.1, 0.15) is 38.5 Å². The van der Waals surface area contributed by atoms with Crippen LogP contribution in [-0.2, 0) is 4.74 Å². The standard InChI is InChI=1S/C11H20ClNO/c1-10(12)8-14-9-11(13)6-4-2-3-5-7-11/h1-9,13H2. The molecular formula is C11H20ClNO. The van der Waals surface area contributed by atoms with Gasteiger partial charge in [-0.1, -0.05) is 43.9 Å². The lowest BCUT2D eigenvalue weighted by Gasteiger charge is -2.27. The van der Waals surface area contributed by atoms with Crippen LogP contribution in [0.2, 0.25) is 0 Å². The van der Waals surface area contributed by atoms with Crippen molar-refractivity contribution in [2.45, 2.75) is 44.1 Å². The Kier molecular flexibility index (Phi) is 4.93. The third kappa shape index (κ3) is 4.45. The second-order valence-electron chi connectivity index (χ2n) is 4.29. The van der Waals surface area contributed by atoms with E-state index in [2.05, 4.69) is 6.58 Å². The molecule has 0 bridgehead atoms. The molecule has 2 nitrogen and oxygen atoms in total. The minimum atomic E-state index is -0.122. The predicted molar refractivity (Wildman–Crippen MR) is 60.4 cm³/mol. The summed E-state index contributed by atoms with van der Waals surface area (Å²) in [5.41, 5.74) is 6.13. The van der Waals surface area contributed by atoms with E-state index in [1.54, 1.807) is 0 Å². The van der Waals surface area contributed by atoms with Crippen LogP contribution in [0.25, 0.3) is 0 Å². The molecule has 1 saturated carbocycles. The van der Waals surface area contributed by atoms with E-state index in [-0.39, 0.29) is 5.54 Å². The lowest BCUT2D eigenvalue weighted by molar-refractivity contribution is 0.0960. The van der Waals surface area contributed by atoms with Gasteiger partial charge in [0, 0.05) is 10.6 Å². The van der Waals surface area contributed by atoms with E-state index < -0.39 is 0 Å². The van der Waals surface area contributed by atoms with Gasteiger partial charge in [0.25, 0.3) is 0 Å². The van der Waals surface area contributed by atoms with Gasteiger partial charge in [-0.25, -0.2) is 0 Å². The van der Waals surface area contributed by atoms with Crippen molar-refractivity contribution in [1.82, 2.24) is 0 Å². The highest BCUT2D eigenvalue weighted by atomic mass is 35.5. The molecule has 0 spiro atoms. The fraction of sp³-hybridized carbons (Fsp3) is 0.818. The number of hydrogen-bond donors (Lipinski definition) is 1. The zero-order valence-corrected chi connectivity index (χ0v) is 9.48. The molecule has 0 aromatic heterocycles. The normalized spacial score (nSPS) is 21.6. The highest BCUT2D eigenvalue weighted by Gasteiger charge is 2.26. The summed E-state index contributed by atoms with van der Waals surface area (Å²) >= 11 is 5.61. The van der Waals surface area contributed by atoms with Crippen molar-refractivity contribution in [3.05, 3.63) is 11.6 Å². The van der Waals surface area contributed by atoms with Gasteiger partial charge in [0.05, 0.1) is 13.2 Å². The molecule has 1 fully saturated rings. The largest absolute Gasteiger partial charge is 0.374 e. The lowest BCUT2D eigenvalue weighted by Crippen LogP contribution is -2.44. The van der Waals surface area contributed by atoms with Crippen molar-refractivity contribution in [3.8, 4) is 0 Å². The topological polar surface area (TPSA) is 35.2 Å². The summed E-state index contributed by atoms with van der Waals surface area (Å²) < 4.78 is 5.44. The molecule has 1 rings (SSSR count). The lowest BCUT2D eigenvalue weighted by atomic mass is 9.93. The minimum absolute atomic E-state index is 0.122. The van der Waals surface area contributed by atoms with Crippen molar-refractivity contribution in [2.75, 3.05) is 13.2 Å². The Morgan fingerprint density at radius 3 is 2.36 bits per heavy atom. The van der Waals surface area contributed by atoms with Crippen LogP contribution in [0.3, 0.4) is 0 Å². The first-order chi connectivity index (χ1) is 6.62. The average Bonchev–Trinajstić information content (AvgIpc) is 2.30. The van der Waals surface area contributed by atoms with Gasteiger partial charge in [-0.05, 0) is 12.8 Å². The molecule has 0 heterocycles. The molecular weight excluding hydrogens is 198 g/mol. The van der Waals surface area contributed by atoms with Crippen LogP contribution < -0.4 is 5.73 Å². The minimum Gasteiger partial charge on any atom is -0.374 e. The second kappa shape index (κ2) is 5.74. The Morgan fingerprint density at radius 1 is 1.29 bits per heavy atom. The van der Waals surface area contributed by atoms with Gasteiger partial charge in [0.1, 0.15) is 0 Å². The summed E-state index contributed by atoms with van der Waals surface area (Å²) in [6, 6.07) is 0. The molecule has 14 heavy (non-hydrogen) atoms. The van der Waals surface area contributed by atoms with Crippen LogP contribution in [0.4, 0.5) is 0 Å². The molecule has 1 aliphatic carbocycles. The van der Waals surface area contributed by atoms with Gasteiger partial charge >= 0.3 is 0 Å². The van der Waals surface area contributed by atoms with Crippen molar-refractivity contribution in [2.24, 2.45) is 5.73 Å². The number of halogens is 1. The fourth-order valence-corrected chi connectivity index (χ4v) is 2.02. The third-order valence-electron chi connectivity index (χ3n) is 2.75. The quantitative estimate of drug-likeness (QED) is 0.735. The summed E-state index contributed by atoms with van der Waals surface area (Å²) in [5.74, 6) is 0. The maximum Gasteiger partial charge on any atom is 0.0817 e. The Labute approximate surface area is 91.4 Å². The molecule has 0 unspecified atom stereocenters. The summed E-state index contributed by atoms with van der Waals surface area (Å²) in [6.07, 6.45) is 7.20. The van der Waals surface area contributed by atoms with Crippen LogP contribution in [0.15, 0.2) is 11.6 Å². The monoisotopic (exact) mass is 217 g/mol. The van der Waals surface area contributed by atoms with Gasteiger partial charge in [0.2, 0.25) is 0 Å². The van der Waals surface area contributed by atoms with Crippen molar-refractivity contribution >= 4 is 11.6 Å². The molecule has 0 radical (unpaired) electrons. The number of hydrogen-bond acceptors (Lipinski definition) is 2. The molecule has 0 amide bonds. The maximum atomic E-state index is 6.25. The molecule has 0 aromatic carbocycles. The maximum absolute atomic E-state index is 6.25. The molecule has 0 saturated heterocycles. The van der Waals surface area contributed by atoms with E-state index >= 15 is 0 Å². The van der Waals surface area contributed by atoms with E-state index in [1.807, 2.05) is 0 Å². The van der Waals surface area contributed by atoms with E-state index in [1.165, 1.54) is 25.7 Å². The molecule has 3 heteroatoms. The SMILES string of the molecule is C=C(Cl)COCC1(N)CCCCCC1. The smallest absolute Gasteiger partial charge is 0.0817 e. The van der Waals surface area contributed by atoms with Gasteiger partial charge < -0.3 is 10.5 Å². The van der Waals surface area contributed by atoms with Crippen molar-refractivity contribution in [1.29, 1.82) is 0 Å². The molecule has 82 valence electrons. The summed E-state index contributed by atoms with van der Waals surface area (Å²) in [7, 11) is 0. The summed E-state index contributed by atoms with van der Waals surface area (Å²) in [5, 5.41) is 0.544. The fourth-order valence-electron chi connectivity index (χ4n) is 1.94. The van der Waals surface area contributed by atoms with Crippen molar-refractivity contribution in [3.63, 3.8) is 0 Å². The predicted octanol–water partition coefficient (Wildman–Crippen LogP) is 2.81. The zero-order valence-electron chi connectivity index (χ0n) is 8.73. The number of rotatable bonds is 4. The number of ether oxygens (including phenoxy) is 1.